The number of aliphatic hydroxyl groups excluding tert-OH is 1. The molecule has 244 valence electrons. The summed E-state index contributed by atoms with van der Waals surface area (Å²) >= 11 is 0. The molecule has 0 saturated carbocycles. The maximum atomic E-state index is 16.9. The molecule has 4 saturated heterocycles. The molecule has 5 heterocycles. The van der Waals surface area contributed by atoms with E-state index in [1.54, 1.807) is 12.1 Å². The summed E-state index contributed by atoms with van der Waals surface area (Å²) in [6.07, 6.45) is 8.91. The quantitative estimate of drug-likeness (QED) is 0.272. The fourth-order valence-electron chi connectivity index (χ4n) is 8.71. The van der Waals surface area contributed by atoms with E-state index in [0.29, 0.717) is 54.6 Å². The van der Waals surface area contributed by atoms with Gasteiger partial charge in [-0.1, -0.05) is 18.1 Å². The van der Waals surface area contributed by atoms with E-state index in [-0.39, 0.29) is 59.3 Å². The lowest BCUT2D eigenvalue weighted by Crippen LogP contribution is -2.54. The van der Waals surface area contributed by atoms with Crippen molar-refractivity contribution in [2.75, 3.05) is 50.8 Å². The molecule has 11 heteroatoms. The highest BCUT2D eigenvalue weighted by Crippen LogP contribution is 2.43. The van der Waals surface area contributed by atoms with Crippen LogP contribution < -0.4 is 9.64 Å². The number of anilines is 1. The summed E-state index contributed by atoms with van der Waals surface area (Å²) in [6, 6.07) is 9.38. The van der Waals surface area contributed by atoms with Crippen LogP contribution >= 0.6 is 0 Å². The second-order valence-corrected chi connectivity index (χ2v) is 13.4. The zero-order valence-corrected chi connectivity index (χ0v) is 25.9. The normalized spacial score (nSPS) is 25.9. The van der Waals surface area contributed by atoms with Gasteiger partial charge < -0.3 is 19.8 Å². The van der Waals surface area contributed by atoms with Crippen LogP contribution in [-0.2, 0) is 0 Å². The Morgan fingerprint density at radius 1 is 1.04 bits per heavy atom. The van der Waals surface area contributed by atoms with Crippen molar-refractivity contribution in [3.8, 4) is 35.2 Å². The number of piperazine rings is 1. The van der Waals surface area contributed by atoms with Crippen LogP contribution in [0.5, 0.6) is 11.8 Å². The number of nitrogens with zero attached hydrogens (tertiary/aromatic N) is 5. The second-order valence-electron chi connectivity index (χ2n) is 13.4. The Morgan fingerprint density at radius 3 is 2.62 bits per heavy atom. The Bertz CT molecular complexity index is 1920. The highest BCUT2D eigenvalue weighted by Gasteiger charge is 2.49. The largest absolute Gasteiger partial charge is 0.508 e. The monoisotopic (exact) mass is 643 g/mol. The van der Waals surface area contributed by atoms with Gasteiger partial charge in [0.05, 0.1) is 17.7 Å². The molecule has 2 unspecified atom stereocenters. The van der Waals surface area contributed by atoms with E-state index in [1.165, 1.54) is 24.3 Å². The van der Waals surface area contributed by atoms with Crippen LogP contribution in [0.3, 0.4) is 0 Å². The Balaban J connectivity index is 1.26. The van der Waals surface area contributed by atoms with E-state index in [4.69, 9.17) is 16.1 Å². The number of alkyl halides is 1. The van der Waals surface area contributed by atoms with Gasteiger partial charge in [-0.2, -0.15) is 9.97 Å². The number of phenols is 1. The smallest absolute Gasteiger partial charge is 0.319 e. The summed E-state index contributed by atoms with van der Waals surface area (Å²) in [6.45, 7) is 3.37. The number of aromatic hydroxyl groups is 1. The molecule has 4 aliphatic heterocycles. The molecule has 4 atom stereocenters. The highest BCUT2D eigenvalue weighted by atomic mass is 19.1. The first-order valence-electron chi connectivity index (χ1n) is 16.3. The Kier molecular flexibility index (Phi) is 7.43. The zero-order chi connectivity index (χ0) is 32.4. The van der Waals surface area contributed by atoms with Crippen molar-refractivity contribution in [2.45, 2.75) is 55.9 Å². The number of terminal acetylenes is 1. The standard InChI is InChI=1S/C36H36F3N5O3/c1-2-26-30(38)9-4-21-14-25(46)15-29(31(21)26)27-7-8-28-33(32(27)39)40-35(47-20-36-10-3-11-43(36)17-22(37)16-36)41-34(28)42-18-23-5-6-24(19-42)44(23)12-13-45/h1,4,7-9,14-15,22-24,45-46H,3,5-6,10-13,16-20H2/t22-,23?,24?,36+/m1/s1. The molecule has 8 rings (SSSR count). The van der Waals surface area contributed by atoms with E-state index in [9.17, 15) is 19.0 Å². The van der Waals surface area contributed by atoms with Crippen molar-refractivity contribution in [2.24, 2.45) is 0 Å². The molecule has 0 radical (unpaired) electrons. The van der Waals surface area contributed by atoms with Crippen molar-refractivity contribution in [1.82, 2.24) is 19.8 Å². The average molecular weight is 644 g/mol. The molecule has 3 aromatic carbocycles. The van der Waals surface area contributed by atoms with Gasteiger partial charge in [0, 0.05) is 61.0 Å². The Morgan fingerprint density at radius 2 is 1.85 bits per heavy atom. The lowest BCUT2D eigenvalue weighted by atomic mass is 9.93. The predicted molar refractivity (Wildman–Crippen MR) is 173 cm³/mol. The predicted octanol–water partition coefficient (Wildman–Crippen LogP) is 5.02. The number of aromatic nitrogens is 2. The van der Waals surface area contributed by atoms with Crippen LogP contribution in [0.1, 0.15) is 37.7 Å². The summed E-state index contributed by atoms with van der Waals surface area (Å²) in [5.74, 6) is 1.52. The topological polar surface area (TPSA) is 85.2 Å². The number of aliphatic hydroxyl groups is 1. The molecule has 4 fully saturated rings. The van der Waals surface area contributed by atoms with E-state index in [0.717, 1.165) is 32.2 Å². The van der Waals surface area contributed by atoms with Gasteiger partial charge in [-0.3, -0.25) is 9.80 Å². The fraction of sp³-hybridized carbons (Fsp3) is 0.444. The van der Waals surface area contributed by atoms with Gasteiger partial charge in [0.15, 0.2) is 5.82 Å². The van der Waals surface area contributed by atoms with Crippen molar-refractivity contribution in [3.63, 3.8) is 0 Å². The third-order valence-corrected chi connectivity index (χ3v) is 10.8. The lowest BCUT2D eigenvalue weighted by Gasteiger charge is -2.41. The summed E-state index contributed by atoms with van der Waals surface area (Å²) in [5, 5.41) is 21.5. The number of rotatable bonds is 7. The van der Waals surface area contributed by atoms with Gasteiger partial charge in [-0.05, 0) is 67.4 Å². The molecule has 0 aliphatic carbocycles. The first-order chi connectivity index (χ1) is 22.8. The van der Waals surface area contributed by atoms with E-state index in [2.05, 4.69) is 25.6 Å². The molecule has 4 aromatic rings. The number of hydrogen-bond donors (Lipinski definition) is 2. The molecular formula is C36H36F3N5O3. The maximum absolute atomic E-state index is 16.9. The lowest BCUT2D eigenvalue weighted by molar-refractivity contribution is 0.107. The molecule has 47 heavy (non-hydrogen) atoms. The van der Waals surface area contributed by atoms with Crippen molar-refractivity contribution < 1.29 is 28.1 Å². The number of hydrogen-bond acceptors (Lipinski definition) is 8. The summed E-state index contributed by atoms with van der Waals surface area (Å²) in [7, 11) is 0. The Hall–Kier alpha value is -4.11. The molecule has 8 nitrogen and oxygen atoms in total. The maximum Gasteiger partial charge on any atom is 0.319 e. The van der Waals surface area contributed by atoms with Crippen molar-refractivity contribution in [1.29, 1.82) is 0 Å². The summed E-state index contributed by atoms with van der Waals surface area (Å²) in [4.78, 5) is 16.1. The Labute approximate surface area is 270 Å². The minimum Gasteiger partial charge on any atom is -0.508 e. The number of fused-ring (bicyclic) bond motifs is 5. The average Bonchev–Trinajstić information content (AvgIpc) is 3.65. The molecule has 0 spiro atoms. The van der Waals surface area contributed by atoms with Gasteiger partial charge in [0.2, 0.25) is 0 Å². The van der Waals surface area contributed by atoms with Crippen LogP contribution in [0, 0.1) is 24.0 Å². The van der Waals surface area contributed by atoms with Crippen LogP contribution in [0.15, 0.2) is 36.4 Å². The third kappa shape index (κ3) is 4.96. The minimum atomic E-state index is -0.924. The highest BCUT2D eigenvalue weighted by molar-refractivity contribution is 6.04. The van der Waals surface area contributed by atoms with Gasteiger partial charge in [-0.25, -0.2) is 13.2 Å². The summed E-state index contributed by atoms with van der Waals surface area (Å²) < 4.78 is 52.6. The van der Waals surface area contributed by atoms with Gasteiger partial charge in [0.25, 0.3) is 0 Å². The molecule has 2 bridgehead atoms. The summed E-state index contributed by atoms with van der Waals surface area (Å²) in [5.41, 5.74) is -0.100. The van der Waals surface area contributed by atoms with Crippen molar-refractivity contribution in [3.05, 3.63) is 53.6 Å². The first kappa shape index (κ1) is 30.2. The van der Waals surface area contributed by atoms with Gasteiger partial charge >= 0.3 is 6.01 Å². The molecule has 4 aliphatic rings. The van der Waals surface area contributed by atoms with Crippen LogP contribution in [-0.4, -0.2) is 99.7 Å². The zero-order valence-electron chi connectivity index (χ0n) is 25.9. The van der Waals surface area contributed by atoms with Gasteiger partial charge in [0.1, 0.15) is 35.7 Å². The number of benzene rings is 3. The van der Waals surface area contributed by atoms with E-state index in [1.807, 2.05) is 0 Å². The van der Waals surface area contributed by atoms with Crippen LogP contribution in [0.4, 0.5) is 19.0 Å². The van der Waals surface area contributed by atoms with Gasteiger partial charge in [-0.15, -0.1) is 6.42 Å². The molecule has 1 aromatic heterocycles. The molecule has 2 N–H and O–H groups in total. The molecular weight excluding hydrogens is 607 g/mol. The number of phenolic OH excluding ortho intramolecular Hbond substituents is 1. The second kappa shape index (κ2) is 11.5. The van der Waals surface area contributed by atoms with Crippen LogP contribution in [0.25, 0.3) is 32.8 Å². The van der Waals surface area contributed by atoms with Crippen molar-refractivity contribution >= 4 is 27.5 Å². The molecule has 0 amide bonds. The number of halogens is 3. The van der Waals surface area contributed by atoms with Crippen LogP contribution in [0.2, 0.25) is 0 Å². The first-order valence-corrected chi connectivity index (χ1v) is 16.3. The number of ether oxygens (including phenoxy) is 1. The van der Waals surface area contributed by atoms with E-state index >= 15 is 4.39 Å². The third-order valence-electron chi connectivity index (χ3n) is 10.8. The van der Waals surface area contributed by atoms with E-state index < -0.39 is 23.3 Å². The SMILES string of the molecule is C#Cc1c(F)ccc2cc(O)cc(-c3ccc4c(N5CC6CCC(C5)N6CCO)nc(OC[C@@]56CCCN5C[C@H](F)C6)nc4c3F)c12. The minimum absolute atomic E-state index is 0.00773. The fourth-order valence-corrected chi connectivity index (χ4v) is 8.71.